The standard InChI is InChI=1S/C14H15Cl2NO5/c1-22-14(21)7-11(17-12(18)4-5-13(19)20)9-3-2-8(15)6-10(9)16/h2-3,6,11H,4-5,7H2,1H3,(H,17,18)(H,19,20)/p-1/t11-/m0/s1. The molecule has 0 aromatic heterocycles. The summed E-state index contributed by atoms with van der Waals surface area (Å²) in [4.78, 5) is 33.6. The molecule has 1 atom stereocenters. The van der Waals surface area contributed by atoms with Crippen LogP contribution in [-0.4, -0.2) is 25.0 Å². The van der Waals surface area contributed by atoms with Crippen LogP contribution < -0.4 is 10.4 Å². The Labute approximate surface area is 137 Å². The zero-order valence-corrected chi connectivity index (χ0v) is 13.2. The molecule has 0 aliphatic carbocycles. The van der Waals surface area contributed by atoms with Crippen LogP contribution in [0.25, 0.3) is 0 Å². The molecule has 0 saturated carbocycles. The van der Waals surface area contributed by atoms with Crippen molar-refractivity contribution in [2.24, 2.45) is 0 Å². The number of esters is 1. The number of hydrogen-bond donors (Lipinski definition) is 1. The molecule has 0 bridgehead atoms. The van der Waals surface area contributed by atoms with Crippen molar-refractivity contribution in [1.82, 2.24) is 5.32 Å². The van der Waals surface area contributed by atoms with Crippen molar-refractivity contribution in [3.63, 3.8) is 0 Å². The molecular formula is C14H14Cl2NO5-. The number of carbonyl (C=O) groups is 3. The molecule has 0 aliphatic heterocycles. The van der Waals surface area contributed by atoms with Gasteiger partial charge in [-0.25, -0.2) is 0 Å². The first-order chi connectivity index (χ1) is 10.3. The first-order valence-electron chi connectivity index (χ1n) is 6.34. The molecule has 0 unspecified atom stereocenters. The molecule has 1 rings (SSSR count). The van der Waals surface area contributed by atoms with Crippen LogP contribution in [0.5, 0.6) is 0 Å². The maximum absolute atomic E-state index is 11.8. The average molecular weight is 347 g/mol. The lowest BCUT2D eigenvalue weighted by atomic mass is 10.0. The third-order valence-electron chi connectivity index (χ3n) is 2.83. The van der Waals surface area contributed by atoms with Gasteiger partial charge in [-0.1, -0.05) is 29.3 Å². The largest absolute Gasteiger partial charge is 0.550 e. The molecule has 0 fully saturated rings. The fourth-order valence-electron chi connectivity index (χ4n) is 1.75. The van der Waals surface area contributed by atoms with E-state index in [-0.39, 0.29) is 17.9 Å². The fourth-order valence-corrected chi connectivity index (χ4v) is 2.30. The van der Waals surface area contributed by atoms with Crippen LogP contribution in [0.3, 0.4) is 0 Å². The smallest absolute Gasteiger partial charge is 0.307 e. The number of carboxylic acids is 1. The van der Waals surface area contributed by atoms with Gasteiger partial charge in [-0.15, -0.1) is 0 Å². The Kier molecular flexibility index (Phi) is 7.14. The van der Waals surface area contributed by atoms with Crippen LogP contribution in [-0.2, 0) is 19.1 Å². The van der Waals surface area contributed by atoms with E-state index >= 15 is 0 Å². The lowest BCUT2D eigenvalue weighted by Gasteiger charge is -2.19. The van der Waals surface area contributed by atoms with Gasteiger partial charge in [-0.3, -0.25) is 9.59 Å². The van der Waals surface area contributed by atoms with Crippen molar-refractivity contribution in [2.45, 2.75) is 25.3 Å². The Morgan fingerprint density at radius 3 is 2.50 bits per heavy atom. The molecule has 1 aromatic rings. The van der Waals surface area contributed by atoms with Crippen LogP contribution in [0.2, 0.25) is 10.0 Å². The third-order valence-corrected chi connectivity index (χ3v) is 3.39. The molecule has 0 radical (unpaired) electrons. The summed E-state index contributed by atoms with van der Waals surface area (Å²) in [7, 11) is 1.22. The number of amides is 1. The summed E-state index contributed by atoms with van der Waals surface area (Å²) in [5, 5.41) is 13.6. The Hall–Kier alpha value is -1.79. The maximum atomic E-state index is 11.8. The minimum Gasteiger partial charge on any atom is -0.550 e. The van der Waals surface area contributed by atoms with E-state index in [4.69, 9.17) is 23.2 Å². The van der Waals surface area contributed by atoms with Crippen molar-refractivity contribution in [3.05, 3.63) is 33.8 Å². The Balaban J connectivity index is 2.90. The second kappa shape index (κ2) is 8.60. The fraction of sp³-hybridized carbons (Fsp3) is 0.357. The summed E-state index contributed by atoms with van der Waals surface area (Å²) in [5.74, 6) is -2.41. The molecule has 8 heteroatoms. The Morgan fingerprint density at radius 1 is 1.27 bits per heavy atom. The molecular weight excluding hydrogens is 333 g/mol. The van der Waals surface area contributed by atoms with Gasteiger partial charge in [0, 0.05) is 22.4 Å². The number of aliphatic carboxylic acids is 1. The molecule has 6 nitrogen and oxygen atoms in total. The van der Waals surface area contributed by atoms with Crippen molar-refractivity contribution in [3.8, 4) is 0 Å². The van der Waals surface area contributed by atoms with Gasteiger partial charge in [0.2, 0.25) is 5.91 Å². The zero-order valence-electron chi connectivity index (χ0n) is 11.7. The van der Waals surface area contributed by atoms with E-state index in [1.165, 1.54) is 13.2 Å². The van der Waals surface area contributed by atoms with Gasteiger partial charge in [0.1, 0.15) is 0 Å². The van der Waals surface area contributed by atoms with Gasteiger partial charge in [-0.05, 0) is 24.1 Å². The molecule has 0 heterocycles. The predicted octanol–water partition coefficient (Wildman–Crippen LogP) is 1.24. The summed E-state index contributed by atoms with van der Waals surface area (Å²) in [6.45, 7) is 0. The normalized spacial score (nSPS) is 11.6. The highest BCUT2D eigenvalue weighted by molar-refractivity contribution is 6.35. The number of benzene rings is 1. The van der Waals surface area contributed by atoms with Crippen molar-refractivity contribution in [2.75, 3.05) is 7.11 Å². The first-order valence-corrected chi connectivity index (χ1v) is 7.10. The van der Waals surface area contributed by atoms with Crippen LogP contribution in [0, 0.1) is 0 Å². The Bertz CT molecular complexity index is 576. The molecule has 0 aliphatic rings. The number of ether oxygens (including phenoxy) is 1. The van der Waals surface area contributed by atoms with E-state index in [2.05, 4.69) is 10.1 Å². The van der Waals surface area contributed by atoms with Gasteiger partial charge < -0.3 is 20.0 Å². The minimum atomic E-state index is -1.33. The van der Waals surface area contributed by atoms with Crippen molar-refractivity contribution >= 4 is 41.0 Å². The topological polar surface area (TPSA) is 95.5 Å². The monoisotopic (exact) mass is 346 g/mol. The highest BCUT2D eigenvalue weighted by atomic mass is 35.5. The molecule has 120 valence electrons. The van der Waals surface area contributed by atoms with E-state index in [1.807, 2.05) is 0 Å². The summed E-state index contributed by atoms with van der Waals surface area (Å²) >= 11 is 11.9. The second-order valence-electron chi connectivity index (χ2n) is 4.44. The highest BCUT2D eigenvalue weighted by Gasteiger charge is 2.21. The van der Waals surface area contributed by atoms with E-state index < -0.39 is 30.3 Å². The van der Waals surface area contributed by atoms with Crippen LogP contribution >= 0.6 is 23.2 Å². The number of methoxy groups -OCH3 is 1. The summed E-state index contributed by atoms with van der Waals surface area (Å²) in [6.07, 6.45) is -0.814. The minimum absolute atomic E-state index is 0.144. The first kappa shape index (κ1) is 18.3. The number of nitrogens with one attached hydrogen (secondary N) is 1. The number of carbonyl (C=O) groups excluding carboxylic acids is 3. The summed E-state index contributed by atoms with van der Waals surface area (Å²) < 4.78 is 4.58. The van der Waals surface area contributed by atoms with E-state index in [1.54, 1.807) is 12.1 Å². The SMILES string of the molecule is COC(=O)C[C@H](NC(=O)CCC(=O)[O-])c1ccc(Cl)cc1Cl. The molecule has 0 saturated heterocycles. The van der Waals surface area contributed by atoms with E-state index in [0.717, 1.165) is 0 Å². The average Bonchev–Trinajstić information content (AvgIpc) is 2.44. The predicted molar refractivity (Wildman–Crippen MR) is 78.2 cm³/mol. The van der Waals surface area contributed by atoms with Gasteiger partial charge in [0.25, 0.3) is 0 Å². The number of halogens is 2. The van der Waals surface area contributed by atoms with Crippen LogP contribution in [0.1, 0.15) is 30.9 Å². The number of hydrogen-bond acceptors (Lipinski definition) is 5. The maximum Gasteiger partial charge on any atom is 0.307 e. The zero-order chi connectivity index (χ0) is 16.7. The van der Waals surface area contributed by atoms with Gasteiger partial charge in [0.05, 0.1) is 19.6 Å². The number of rotatable bonds is 7. The van der Waals surface area contributed by atoms with Gasteiger partial charge >= 0.3 is 5.97 Å². The molecule has 1 amide bonds. The Morgan fingerprint density at radius 2 is 1.95 bits per heavy atom. The molecule has 22 heavy (non-hydrogen) atoms. The quantitative estimate of drug-likeness (QED) is 0.749. The lowest BCUT2D eigenvalue weighted by Crippen LogP contribution is -2.32. The van der Waals surface area contributed by atoms with Crippen molar-refractivity contribution < 1.29 is 24.2 Å². The van der Waals surface area contributed by atoms with E-state index in [0.29, 0.717) is 10.6 Å². The van der Waals surface area contributed by atoms with E-state index in [9.17, 15) is 19.5 Å². The van der Waals surface area contributed by atoms with Crippen LogP contribution in [0.4, 0.5) is 0 Å². The number of carboxylic acid groups (broad SMARTS) is 1. The summed E-state index contributed by atoms with van der Waals surface area (Å²) in [6, 6.07) is 3.89. The lowest BCUT2D eigenvalue weighted by molar-refractivity contribution is -0.305. The second-order valence-corrected chi connectivity index (χ2v) is 5.28. The highest BCUT2D eigenvalue weighted by Crippen LogP contribution is 2.28. The third kappa shape index (κ3) is 5.91. The molecule has 0 spiro atoms. The van der Waals surface area contributed by atoms with Gasteiger partial charge in [0.15, 0.2) is 0 Å². The van der Waals surface area contributed by atoms with Crippen molar-refractivity contribution in [1.29, 1.82) is 0 Å². The van der Waals surface area contributed by atoms with Gasteiger partial charge in [-0.2, -0.15) is 0 Å². The molecule has 1 N–H and O–H groups in total. The van der Waals surface area contributed by atoms with Crippen LogP contribution in [0.15, 0.2) is 18.2 Å². The molecule has 1 aromatic carbocycles. The summed E-state index contributed by atoms with van der Waals surface area (Å²) in [5.41, 5.74) is 0.485.